The largest absolute Gasteiger partial charge is 0.508 e. The number of aromatic hydroxyl groups is 1. The van der Waals surface area contributed by atoms with Crippen LogP contribution >= 0.6 is 0 Å². The molecule has 0 aliphatic carbocycles. The average molecular weight is 306 g/mol. The Bertz CT molecular complexity index is 762. The maximum Gasteiger partial charge on any atom is 0.280 e. The van der Waals surface area contributed by atoms with Crippen LogP contribution in [-0.2, 0) is 4.79 Å². The van der Waals surface area contributed by atoms with E-state index in [1.165, 1.54) is 5.01 Å². The van der Waals surface area contributed by atoms with E-state index in [0.29, 0.717) is 5.57 Å². The van der Waals surface area contributed by atoms with Gasteiger partial charge in [-0.3, -0.25) is 4.79 Å². The molecule has 0 atom stereocenters. The van der Waals surface area contributed by atoms with Crippen molar-refractivity contribution in [3.63, 3.8) is 0 Å². The van der Waals surface area contributed by atoms with E-state index in [4.69, 9.17) is 0 Å². The van der Waals surface area contributed by atoms with Gasteiger partial charge in [0.25, 0.3) is 5.91 Å². The molecule has 0 saturated carbocycles. The highest BCUT2D eigenvalue weighted by Gasteiger charge is 2.30. The molecule has 3 rings (SSSR count). The molecule has 0 saturated heterocycles. The van der Waals surface area contributed by atoms with Gasteiger partial charge in [0.2, 0.25) is 0 Å². The van der Waals surface area contributed by atoms with Crippen LogP contribution in [0.25, 0.3) is 6.08 Å². The standard InChI is InChI=1S/C19H18N2O2/c1-2-6-18-17(13-14-9-11-16(22)12-10-14)19(23)21(20-18)15-7-4-3-5-8-15/h3-5,7-13,22H,2,6H2,1H3/b17-13-. The number of anilines is 1. The predicted molar refractivity (Wildman–Crippen MR) is 92.4 cm³/mol. The second-order valence-corrected chi connectivity index (χ2v) is 5.40. The van der Waals surface area contributed by atoms with Crippen molar-refractivity contribution in [2.45, 2.75) is 19.8 Å². The zero-order valence-corrected chi connectivity index (χ0v) is 12.9. The number of hydrogen-bond acceptors (Lipinski definition) is 3. The summed E-state index contributed by atoms with van der Waals surface area (Å²) in [6, 6.07) is 16.2. The van der Waals surface area contributed by atoms with Crippen LogP contribution in [0.3, 0.4) is 0 Å². The highest BCUT2D eigenvalue weighted by atomic mass is 16.3. The molecular formula is C19H18N2O2. The van der Waals surface area contributed by atoms with E-state index in [-0.39, 0.29) is 11.7 Å². The Morgan fingerprint density at radius 2 is 1.78 bits per heavy atom. The zero-order chi connectivity index (χ0) is 16.2. The van der Waals surface area contributed by atoms with Crippen LogP contribution in [0.4, 0.5) is 5.69 Å². The average Bonchev–Trinajstić information content (AvgIpc) is 2.87. The molecule has 1 amide bonds. The lowest BCUT2D eigenvalue weighted by Crippen LogP contribution is -2.21. The normalized spacial score (nSPS) is 16.0. The molecule has 2 aromatic carbocycles. The summed E-state index contributed by atoms with van der Waals surface area (Å²) in [6.07, 6.45) is 3.50. The summed E-state index contributed by atoms with van der Waals surface area (Å²) in [5.74, 6) is 0.0889. The van der Waals surface area contributed by atoms with Crippen molar-refractivity contribution < 1.29 is 9.90 Å². The molecule has 0 fully saturated rings. The Morgan fingerprint density at radius 1 is 1.09 bits per heavy atom. The third kappa shape index (κ3) is 3.16. The summed E-state index contributed by atoms with van der Waals surface area (Å²) in [5, 5.41) is 15.3. The molecule has 116 valence electrons. The van der Waals surface area contributed by atoms with Crippen molar-refractivity contribution >= 4 is 23.4 Å². The van der Waals surface area contributed by atoms with Gasteiger partial charge in [-0.25, -0.2) is 0 Å². The molecule has 1 N–H and O–H groups in total. The van der Waals surface area contributed by atoms with Gasteiger partial charge in [0, 0.05) is 0 Å². The minimum atomic E-state index is -0.118. The van der Waals surface area contributed by atoms with E-state index in [2.05, 4.69) is 12.0 Å². The van der Waals surface area contributed by atoms with E-state index in [1.54, 1.807) is 24.3 Å². The summed E-state index contributed by atoms with van der Waals surface area (Å²) < 4.78 is 0. The second kappa shape index (κ2) is 6.48. The molecule has 0 bridgehead atoms. The van der Waals surface area contributed by atoms with E-state index < -0.39 is 0 Å². The topological polar surface area (TPSA) is 52.9 Å². The number of carbonyl (C=O) groups excluding carboxylic acids is 1. The van der Waals surface area contributed by atoms with E-state index in [1.807, 2.05) is 36.4 Å². The molecule has 23 heavy (non-hydrogen) atoms. The zero-order valence-electron chi connectivity index (χ0n) is 12.9. The molecule has 1 aliphatic heterocycles. The third-order valence-corrected chi connectivity index (χ3v) is 3.65. The first-order chi connectivity index (χ1) is 11.2. The minimum absolute atomic E-state index is 0.118. The summed E-state index contributed by atoms with van der Waals surface area (Å²) in [6.45, 7) is 2.07. The number of nitrogens with zero attached hydrogens (tertiary/aromatic N) is 2. The van der Waals surface area contributed by atoms with Gasteiger partial charge < -0.3 is 5.11 Å². The number of rotatable bonds is 4. The lowest BCUT2D eigenvalue weighted by atomic mass is 10.0. The van der Waals surface area contributed by atoms with Crippen molar-refractivity contribution in [3.8, 4) is 5.75 Å². The number of hydrazone groups is 1. The molecule has 0 unspecified atom stereocenters. The lowest BCUT2D eigenvalue weighted by molar-refractivity contribution is -0.114. The predicted octanol–water partition coefficient (Wildman–Crippen LogP) is 3.98. The number of amides is 1. The fraction of sp³-hybridized carbons (Fsp3) is 0.158. The minimum Gasteiger partial charge on any atom is -0.508 e. The van der Waals surface area contributed by atoms with E-state index in [0.717, 1.165) is 29.8 Å². The molecule has 0 spiro atoms. The van der Waals surface area contributed by atoms with Crippen LogP contribution in [0.2, 0.25) is 0 Å². The van der Waals surface area contributed by atoms with Crippen molar-refractivity contribution in [1.82, 2.24) is 0 Å². The Labute approximate surface area is 135 Å². The van der Waals surface area contributed by atoms with Crippen LogP contribution in [0.1, 0.15) is 25.3 Å². The fourth-order valence-corrected chi connectivity index (χ4v) is 2.51. The maximum absolute atomic E-state index is 12.8. The first-order valence-corrected chi connectivity index (χ1v) is 7.67. The number of phenols is 1. The molecular weight excluding hydrogens is 288 g/mol. The number of phenolic OH excluding ortho intramolecular Hbond substituents is 1. The highest BCUT2D eigenvalue weighted by Crippen LogP contribution is 2.26. The van der Waals surface area contributed by atoms with Gasteiger partial charge in [0.05, 0.1) is 17.0 Å². The van der Waals surface area contributed by atoms with Crippen LogP contribution in [-0.4, -0.2) is 16.7 Å². The first-order valence-electron chi connectivity index (χ1n) is 7.67. The lowest BCUT2D eigenvalue weighted by Gasteiger charge is -2.10. The van der Waals surface area contributed by atoms with Crippen LogP contribution in [0.15, 0.2) is 65.3 Å². The Morgan fingerprint density at radius 3 is 2.43 bits per heavy atom. The van der Waals surface area contributed by atoms with Crippen molar-refractivity contribution in [2.24, 2.45) is 5.10 Å². The fourth-order valence-electron chi connectivity index (χ4n) is 2.51. The molecule has 0 aromatic heterocycles. The van der Waals surface area contributed by atoms with Crippen LogP contribution < -0.4 is 5.01 Å². The second-order valence-electron chi connectivity index (χ2n) is 5.40. The smallest absolute Gasteiger partial charge is 0.280 e. The number of carbonyl (C=O) groups is 1. The van der Waals surface area contributed by atoms with Gasteiger partial charge in [-0.15, -0.1) is 0 Å². The molecule has 0 radical (unpaired) electrons. The van der Waals surface area contributed by atoms with Gasteiger partial charge in [-0.2, -0.15) is 10.1 Å². The molecule has 1 aliphatic rings. The Kier molecular flexibility index (Phi) is 4.24. The summed E-state index contributed by atoms with van der Waals surface area (Å²) in [5.41, 5.74) is 3.04. The van der Waals surface area contributed by atoms with Gasteiger partial charge in [0.15, 0.2) is 0 Å². The van der Waals surface area contributed by atoms with Crippen LogP contribution in [0.5, 0.6) is 5.75 Å². The summed E-state index contributed by atoms with van der Waals surface area (Å²) in [4.78, 5) is 12.8. The highest BCUT2D eigenvalue weighted by molar-refractivity contribution is 6.32. The quantitative estimate of drug-likeness (QED) is 0.869. The Hall–Kier alpha value is -2.88. The van der Waals surface area contributed by atoms with E-state index >= 15 is 0 Å². The van der Waals surface area contributed by atoms with Crippen molar-refractivity contribution in [3.05, 3.63) is 65.7 Å². The Balaban J connectivity index is 1.98. The summed E-state index contributed by atoms with van der Waals surface area (Å²) >= 11 is 0. The monoisotopic (exact) mass is 306 g/mol. The molecule has 4 nitrogen and oxygen atoms in total. The number of hydrogen-bond donors (Lipinski definition) is 1. The SMILES string of the molecule is CCCC1=NN(c2ccccc2)C(=O)/C1=C\c1ccc(O)cc1. The van der Waals surface area contributed by atoms with Crippen molar-refractivity contribution in [1.29, 1.82) is 0 Å². The van der Waals surface area contributed by atoms with Crippen LogP contribution in [0, 0.1) is 0 Å². The van der Waals surface area contributed by atoms with Gasteiger partial charge in [-0.1, -0.05) is 43.7 Å². The molecule has 2 aromatic rings. The van der Waals surface area contributed by atoms with E-state index in [9.17, 15) is 9.90 Å². The number of benzene rings is 2. The summed E-state index contributed by atoms with van der Waals surface area (Å²) in [7, 11) is 0. The molecule has 4 heteroatoms. The van der Waals surface area contributed by atoms with Gasteiger partial charge in [0.1, 0.15) is 5.75 Å². The third-order valence-electron chi connectivity index (χ3n) is 3.65. The first kappa shape index (κ1) is 15.0. The number of para-hydroxylation sites is 1. The van der Waals surface area contributed by atoms with Gasteiger partial charge >= 0.3 is 0 Å². The van der Waals surface area contributed by atoms with Gasteiger partial charge in [-0.05, 0) is 42.3 Å². The van der Waals surface area contributed by atoms with Crippen molar-refractivity contribution in [2.75, 3.05) is 5.01 Å². The molecule has 1 heterocycles. The maximum atomic E-state index is 12.8.